The Morgan fingerprint density at radius 1 is 0.391 bits per heavy atom. The molecule has 0 bridgehead atoms. The van der Waals surface area contributed by atoms with E-state index in [1.807, 2.05) is 18.3 Å². The van der Waals surface area contributed by atoms with Crippen LogP contribution in [0.5, 0.6) is 0 Å². The number of nitrogens with zero attached hydrogens (tertiary/aromatic N) is 3. The number of benzene rings is 6. The highest BCUT2D eigenvalue weighted by atomic mass is 15.0. The summed E-state index contributed by atoms with van der Waals surface area (Å²) < 4.78 is 4.85. The summed E-state index contributed by atoms with van der Waals surface area (Å²) in [5, 5.41) is 5.02. The van der Waals surface area contributed by atoms with Crippen LogP contribution in [0.15, 0.2) is 152 Å². The summed E-state index contributed by atoms with van der Waals surface area (Å²) in [6.07, 6.45) is 1.86. The van der Waals surface area contributed by atoms with E-state index in [1.165, 1.54) is 65.9 Å². The highest BCUT2D eigenvalue weighted by molar-refractivity contribution is 6.19. The Kier molecular flexibility index (Phi) is 5.94. The molecule has 3 nitrogen and oxygen atoms in total. The fraction of sp³-hybridized carbons (Fsp3) is 0.0465. The van der Waals surface area contributed by atoms with Crippen LogP contribution in [0, 0.1) is 13.8 Å². The molecule has 0 aliphatic carbocycles. The van der Waals surface area contributed by atoms with Crippen LogP contribution in [0.4, 0.5) is 0 Å². The second kappa shape index (κ2) is 10.3. The number of aromatic nitrogens is 3. The van der Waals surface area contributed by atoms with Crippen LogP contribution >= 0.6 is 0 Å². The average Bonchev–Trinajstić information content (AvgIpc) is 3.59. The Hall–Kier alpha value is -5.93. The van der Waals surface area contributed by atoms with Crippen LogP contribution in [-0.4, -0.2) is 14.1 Å². The van der Waals surface area contributed by atoms with E-state index < -0.39 is 0 Å². The summed E-state index contributed by atoms with van der Waals surface area (Å²) in [5.74, 6) is 0. The van der Waals surface area contributed by atoms with Gasteiger partial charge in [0.2, 0.25) is 0 Å². The van der Waals surface area contributed by atoms with Crippen molar-refractivity contribution >= 4 is 43.6 Å². The van der Waals surface area contributed by atoms with E-state index in [0.29, 0.717) is 0 Å². The molecule has 0 N–H and O–H groups in total. The van der Waals surface area contributed by atoms with Crippen molar-refractivity contribution in [3.05, 3.63) is 163 Å². The van der Waals surface area contributed by atoms with Crippen LogP contribution in [0.3, 0.4) is 0 Å². The van der Waals surface area contributed by atoms with E-state index in [9.17, 15) is 0 Å². The van der Waals surface area contributed by atoms with Gasteiger partial charge in [0.1, 0.15) is 0 Å². The van der Waals surface area contributed by atoms with E-state index in [2.05, 4.69) is 161 Å². The third-order valence-electron chi connectivity index (χ3n) is 9.27. The predicted octanol–water partition coefficient (Wildman–Crippen LogP) is 11.2. The fourth-order valence-corrected chi connectivity index (χ4v) is 7.04. The quantitative estimate of drug-likeness (QED) is 0.200. The van der Waals surface area contributed by atoms with E-state index in [1.54, 1.807) is 0 Å². The molecular formula is C43H31N3. The standard InChI is InChI=1S/C43H31N3/c1-28-14-18-33(19-15-28)45-41-21-17-31(30-9-4-3-5-10-30)25-36(41)38-26-37-35-23-29(2)16-20-40(35)46(43(37)27-42(38)45)34-12-8-11-32(24-34)39-13-6-7-22-44-39/h3-27H,1-2H3. The number of rotatable bonds is 4. The number of hydrogen-bond donors (Lipinski definition) is 0. The van der Waals surface area contributed by atoms with Gasteiger partial charge in [-0.3, -0.25) is 4.98 Å². The smallest absolute Gasteiger partial charge is 0.0702 e. The molecule has 3 heteroatoms. The van der Waals surface area contributed by atoms with Crippen LogP contribution in [0.1, 0.15) is 11.1 Å². The monoisotopic (exact) mass is 589 g/mol. The molecule has 6 aromatic carbocycles. The molecule has 0 aliphatic rings. The Morgan fingerprint density at radius 3 is 1.80 bits per heavy atom. The highest BCUT2D eigenvalue weighted by Crippen LogP contribution is 2.41. The fourth-order valence-electron chi connectivity index (χ4n) is 7.04. The Balaban J connectivity index is 1.39. The van der Waals surface area contributed by atoms with Crippen LogP contribution in [-0.2, 0) is 0 Å². The average molecular weight is 590 g/mol. The molecule has 0 aliphatic heterocycles. The second-order valence-corrected chi connectivity index (χ2v) is 12.3. The van der Waals surface area contributed by atoms with Crippen molar-refractivity contribution in [2.75, 3.05) is 0 Å². The normalized spacial score (nSPS) is 11.7. The number of fused-ring (bicyclic) bond motifs is 6. The Bertz CT molecular complexity index is 2570. The Morgan fingerprint density at radius 2 is 1.04 bits per heavy atom. The SMILES string of the molecule is Cc1ccc(-n2c3ccc(-c4ccccc4)cc3c3cc4c5cc(C)ccc5n(-c5cccc(-c6ccccn6)c5)c4cc32)cc1. The first kappa shape index (κ1) is 26.5. The molecule has 0 fully saturated rings. The number of hydrogen-bond acceptors (Lipinski definition) is 1. The lowest BCUT2D eigenvalue weighted by Gasteiger charge is -2.11. The maximum absolute atomic E-state index is 4.64. The maximum atomic E-state index is 4.64. The van der Waals surface area contributed by atoms with Crippen molar-refractivity contribution in [2.24, 2.45) is 0 Å². The Labute approximate surface area is 267 Å². The van der Waals surface area contributed by atoms with Crippen LogP contribution < -0.4 is 0 Å². The van der Waals surface area contributed by atoms with E-state index >= 15 is 0 Å². The van der Waals surface area contributed by atoms with Gasteiger partial charge in [-0.25, -0.2) is 0 Å². The molecule has 0 unspecified atom stereocenters. The van der Waals surface area contributed by atoms with E-state index in [0.717, 1.165) is 22.6 Å². The summed E-state index contributed by atoms with van der Waals surface area (Å²) in [6.45, 7) is 4.32. The molecule has 0 amide bonds. The van der Waals surface area contributed by atoms with Crippen LogP contribution in [0.2, 0.25) is 0 Å². The molecule has 218 valence electrons. The van der Waals surface area contributed by atoms with Crippen molar-refractivity contribution in [1.29, 1.82) is 0 Å². The molecule has 0 radical (unpaired) electrons. The van der Waals surface area contributed by atoms with E-state index in [-0.39, 0.29) is 0 Å². The summed E-state index contributed by atoms with van der Waals surface area (Å²) in [4.78, 5) is 4.64. The molecule has 0 saturated heterocycles. The predicted molar refractivity (Wildman–Crippen MR) is 193 cm³/mol. The van der Waals surface area contributed by atoms with Gasteiger partial charge in [0.15, 0.2) is 0 Å². The summed E-state index contributed by atoms with van der Waals surface area (Å²) in [6, 6.07) is 52.9. The largest absolute Gasteiger partial charge is 0.309 e. The highest BCUT2D eigenvalue weighted by Gasteiger charge is 2.19. The summed E-state index contributed by atoms with van der Waals surface area (Å²) in [5.41, 5.74) is 14.1. The van der Waals surface area contributed by atoms with Crippen molar-refractivity contribution in [3.8, 4) is 33.8 Å². The molecule has 0 spiro atoms. The molecule has 3 aromatic heterocycles. The minimum absolute atomic E-state index is 0.970. The van der Waals surface area contributed by atoms with Crippen molar-refractivity contribution in [1.82, 2.24) is 14.1 Å². The minimum atomic E-state index is 0.970. The lowest BCUT2D eigenvalue weighted by atomic mass is 10.0. The van der Waals surface area contributed by atoms with E-state index in [4.69, 9.17) is 0 Å². The number of pyridine rings is 1. The van der Waals surface area contributed by atoms with Gasteiger partial charge in [0.05, 0.1) is 27.8 Å². The van der Waals surface area contributed by atoms with Crippen molar-refractivity contribution in [3.63, 3.8) is 0 Å². The molecule has 0 atom stereocenters. The lowest BCUT2D eigenvalue weighted by Crippen LogP contribution is -1.96. The zero-order valence-electron chi connectivity index (χ0n) is 25.8. The summed E-state index contributed by atoms with van der Waals surface area (Å²) >= 11 is 0. The third-order valence-corrected chi connectivity index (χ3v) is 9.27. The van der Waals surface area contributed by atoms with Crippen molar-refractivity contribution in [2.45, 2.75) is 13.8 Å². The van der Waals surface area contributed by atoms with Gasteiger partial charge in [-0.15, -0.1) is 0 Å². The topological polar surface area (TPSA) is 22.8 Å². The van der Waals surface area contributed by atoms with Gasteiger partial charge in [-0.2, -0.15) is 0 Å². The second-order valence-electron chi connectivity index (χ2n) is 12.3. The van der Waals surface area contributed by atoms with Gasteiger partial charge < -0.3 is 9.13 Å². The maximum Gasteiger partial charge on any atom is 0.0702 e. The lowest BCUT2D eigenvalue weighted by molar-refractivity contribution is 1.16. The molecule has 3 heterocycles. The molecule has 9 aromatic rings. The first-order valence-electron chi connectivity index (χ1n) is 15.8. The minimum Gasteiger partial charge on any atom is -0.309 e. The van der Waals surface area contributed by atoms with Gasteiger partial charge >= 0.3 is 0 Å². The number of aryl methyl sites for hydroxylation is 2. The van der Waals surface area contributed by atoms with Gasteiger partial charge in [-0.1, -0.05) is 83.9 Å². The zero-order valence-corrected chi connectivity index (χ0v) is 25.8. The molecule has 0 saturated carbocycles. The third kappa shape index (κ3) is 4.17. The van der Waals surface area contributed by atoms with Gasteiger partial charge in [0, 0.05) is 44.7 Å². The first-order chi connectivity index (χ1) is 22.6. The van der Waals surface area contributed by atoms with Gasteiger partial charge in [-0.05, 0) is 97.8 Å². The van der Waals surface area contributed by atoms with Gasteiger partial charge in [0.25, 0.3) is 0 Å². The molecule has 9 rings (SSSR count). The molecule has 46 heavy (non-hydrogen) atoms. The van der Waals surface area contributed by atoms with Crippen LogP contribution in [0.25, 0.3) is 77.4 Å². The zero-order chi connectivity index (χ0) is 30.8. The summed E-state index contributed by atoms with van der Waals surface area (Å²) in [7, 11) is 0. The first-order valence-corrected chi connectivity index (χ1v) is 15.8. The molecular weight excluding hydrogens is 558 g/mol. The van der Waals surface area contributed by atoms with Crippen molar-refractivity contribution < 1.29 is 0 Å².